The van der Waals surface area contributed by atoms with Gasteiger partial charge in [0.25, 0.3) is 5.56 Å². The van der Waals surface area contributed by atoms with Gasteiger partial charge in [0.2, 0.25) is 5.91 Å². The van der Waals surface area contributed by atoms with E-state index < -0.39 is 11.2 Å². The number of halogens is 1. The summed E-state index contributed by atoms with van der Waals surface area (Å²) in [6, 6.07) is 11.3. The van der Waals surface area contributed by atoms with Gasteiger partial charge in [-0.2, -0.15) is 0 Å². The first-order valence-corrected chi connectivity index (χ1v) is 11.7. The third-order valence-electron chi connectivity index (χ3n) is 5.53. The number of thioether (sulfide) groups is 1. The van der Waals surface area contributed by atoms with Crippen molar-refractivity contribution in [3.63, 3.8) is 0 Å². The van der Waals surface area contributed by atoms with Crippen LogP contribution in [-0.4, -0.2) is 37.5 Å². The Morgan fingerprint density at radius 1 is 1.11 bits per heavy atom. The molecule has 0 saturated heterocycles. The predicted molar refractivity (Wildman–Crippen MR) is 133 cm³/mol. The van der Waals surface area contributed by atoms with Crippen LogP contribution in [-0.2, 0) is 25.4 Å². The number of aromatic nitrogens is 4. The number of carbonyl (C=O) groups is 1. The standard InChI is InChI=1S/C24H24FN5O4S/c1-14-5-10-18(34-4)17(11-14)26-19(31)13-35-23-27-21-20(22(32)29(3)24(33)28(21)2)30(23)12-15-6-8-16(25)9-7-15/h5-11H,12-13H2,1-4H3,(H,26,31). The van der Waals surface area contributed by atoms with Crippen molar-refractivity contribution in [3.8, 4) is 5.75 Å². The van der Waals surface area contributed by atoms with E-state index in [1.165, 1.54) is 37.9 Å². The number of rotatable bonds is 7. The number of amides is 1. The first kappa shape index (κ1) is 24.3. The molecule has 4 rings (SSSR count). The van der Waals surface area contributed by atoms with Gasteiger partial charge >= 0.3 is 5.69 Å². The van der Waals surface area contributed by atoms with Crippen molar-refractivity contribution < 1.29 is 13.9 Å². The van der Waals surface area contributed by atoms with Gasteiger partial charge in [0.05, 0.1) is 25.1 Å². The van der Waals surface area contributed by atoms with Crippen LogP contribution in [0.25, 0.3) is 11.2 Å². The zero-order valence-corrected chi connectivity index (χ0v) is 20.5. The Hall–Kier alpha value is -3.86. The maximum Gasteiger partial charge on any atom is 0.332 e. The highest BCUT2D eigenvalue weighted by Gasteiger charge is 2.21. The fraction of sp³-hybridized carbons (Fsp3) is 0.250. The van der Waals surface area contributed by atoms with Crippen LogP contribution in [0.1, 0.15) is 11.1 Å². The van der Waals surface area contributed by atoms with Gasteiger partial charge in [-0.05, 0) is 42.3 Å². The molecule has 1 N–H and O–H groups in total. The molecule has 0 atom stereocenters. The van der Waals surface area contributed by atoms with Crippen molar-refractivity contribution in [3.05, 3.63) is 80.2 Å². The van der Waals surface area contributed by atoms with Crippen molar-refractivity contribution >= 4 is 34.5 Å². The Bertz CT molecular complexity index is 1540. The lowest BCUT2D eigenvalue weighted by Crippen LogP contribution is -2.37. The van der Waals surface area contributed by atoms with E-state index in [2.05, 4.69) is 10.3 Å². The molecule has 1 amide bonds. The summed E-state index contributed by atoms with van der Waals surface area (Å²) in [6.45, 7) is 2.12. The third-order valence-corrected chi connectivity index (χ3v) is 6.50. The van der Waals surface area contributed by atoms with Crippen molar-refractivity contribution in [2.24, 2.45) is 14.1 Å². The number of hydrogen-bond acceptors (Lipinski definition) is 6. The van der Waals surface area contributed by atoms with Crippen LogP contribution in [0.5, 0.6) is 5.75 Å². The smallest absolute Gasteiger partial charge is 0.332 e. The van der Waals surface area contributed by atoms with Crippen LogP contribution in [0.3, 0.4) is 0 Å². The van der Waals surface area contributed by atoms with Crippen LogP contribution < -0.4 is 21.3 Å². The summed E-state index contributed by atoms with van der Waals surface area (Å²) in [5.41, 5.74) is 1.68. The molecule has 2 aromatic heterocycles. The van der Waals surface area contributed by atoms with E-state index >= 15 is 0 Å². The molecule has 11 heteroatoms. The Morgan fingerprint density at radius 2 is 1.83 bits per heavy atom. The number of methoxy groups -OCH3 is 1. The number of imidazole rings is 1. The van der Waals surface area contributed by atoms with Crippen LogP contribution in [0.2, 0.25) is 0 Å². The topological polar surface area (TPSA) is 100 Å². The summed E-state index contributed by atoms with van der Waals surface area (Å²) in [4.78, 5) is 42.7. The minimum Gasteiger partial charge on any atom is -0.495 e. The predicted octanol–water partition coefficient (Wildman–Crippen LogP) is 2.67. The van der Waals surface area contributed by atoms with E-state index in [-0.39, 0.29) is 35.2 Å². The molecule has 2 heterocycles. The second-order valence-electron chi connectivity index (χ2n) is 8.03. The number of benzene rings is 2. The molecule has 2 aromatic carbocycles. The summed E-state index contributed by atoms with van der Waals surface area (Å²) in [5, 5.41) is 3.22. The molecule has 0 aliphatic carbocycles. The molecule has 0 fully saturated rings. The summed E-state index contributed by atoms with van der Waals surface area (Å²) < 4.78 is 22.7. The molecule has 182 valence electrons. The minimum absolute atomic E-state index is 0.00189. The van der Waals surface area contributed by atoms with Gasteiger partial charge in [0.15, 0.2) is 16.3 Å². The summed E-state index contributed by atoms with van der Waals surface area (Å²) in [6.07, 6.45) is 0. The maximum absolute atomic E-state index is 13.4. The Labute approximate surface area is 204 Å². The van der Waals surface area contributed by atoms with Gasteiger partial charge in [0.1, 0.15) is 11.6 Å². The average Bonchev–Trinajstić information content (AvgIpc) is 3.20. The van der Waals surface area contributed by atoms with Gasteiger partial charge < -0.3 is 14.6 Å². The van der Waals surface area contributed by atoms with Gasteiger partial charge in [-0.3, -0.25) is 18.7 Å². The molecule has 9 nitrogen and oxygen atoms in total. The molecule has 0 saturated carbocycles. The van der Waals surface area contributed by atoms with E-state index in [9.17, 15) is 18.8 Å². The molecule has 0 aliphatic heterocycles. The minimum atomic E-state index is -0.505. The van der Waals surface area contributed by atoms with Gasteiger partial charge in [-0.1, -0.05) is 30.0 Å². The van der Waals surface area contributed by atoms with E-state index in [0.29, 0.717) is 16.6 Å². The molecule has 0 bridgehead atoms. The molecule has 0 radical (unpaired) electrons. The third kappa shape index (κ3) is 4.85. The quantitative estimate of drug-likeness (QED) is 0.394. The fourth-order valence-electron chi connectivity index (χ4n) is 3.69. The zero-order valence-electron chi connectivity index (χ0n) is 19.7. The van der Waals surface area contributed by atoms with E-state index in [1.54, 1.807) is 22.8 Å². The van der Waals surface area contributed by atoms with Gasteiger partial charge in [-0.15, -0.1) is 0 Å². The normalized spacial score (nSPS) is 11.1. The molecule has 4 aromatic rings. The zero-order chi connectivity index (χ0) is 25.3. The lowest BCUT2D eigenvalue weighted by Gasteiger charge is -2.12. The van der Waals surface area contributed by atoms with Crippen LogP contribution in [0.15, 0.2) is 57.2 Å². The highest BCUT2D eigenvalue weighted by Crippen LogP contribution is 2.27. The average molecular weight is 498 g/mol. The van der Waals surface area contributed by atoms with Crippen molar-refractivity contribution in [1.29, 1.82) is 0 Å². The van der Waals surface area contributed by atoms with Crippen molar-refractivity contribution in [2.45, 2.75) is 18.6 Å². The number of nitrogens with zero attached hydrogens (tertiary/aromatic N) is 4. The van der Waals surface area contributed by atoms with Gasteiger partial charge in [0, 0.05) is 14.1 Å². The number of fused-ring (bicyclic) bond motifs is 1. The Morgan fingerprint density at radius 3 is 2.51 bits per heavy atom. The summed E-state index contributed by atoms with van der Waals surface area (Å²) in [7, 11) is 4.46. The monoisotopic (exact) mass is 497 g/mol. The second-order valence-corrected chi connectivity index (χ2v) is 8.97. The molecule has 35 heavy (non-hydrogen) atoms. The molecular formula is C24H24FN5O4S. The number of anilines is 1. The number of aryl methyl sites for hydroxylation is 2. The molecule has 0 aliphatic rings. The lowest BCUT2D eigenvalue weighted by atomic mass is 10.2. The van der Waals surface area contributed by atoms with Crippen molar-refractivity contribution in [2.75, 3.05) is 18.2 Å². The fourth-order valence-corrected chi connectivity index (χ4v) is 4.49. The Kier molecular flexibility index (Phi) is 6.79. The number of ether oxygens (including phenoxy) is 1. The molecule has 0 spiro atoms. The Balaban J connectivity index is 1.69. The van der Waals surface area contributed by atoms with Crippen molar-refractivity contribution in [1.82, 2.24) is 18.7 Å². The summed E-state index contributed by atoms with van der Waals surface area (Å²) >= 11 is 1.13. The number of hydrogen-bond donors (Lipinski definition) is 1. The maximum atomic E-state index is 13.4. The van der Waals surface area contributed by atoms with Gasteiger partial charge in [-0.25, -0.2) is 14.2 Å². The first-order chi connectivity index (χ1) is 16.7. The summed E-state index contributed by atoms with van der Waals surface area (Å²) in [5.74, 6) is -0.129. The number of carbonyl (C=O) groups excluding carboxylic acids is 1. The van der Waals surface area contributed by atoms with E-state index in [1.807, 2.05) is 19.1 Å². The SMILES string of the molecule is COc1ccc(C)cc1NC(=O)CSc1nc2c(c(=O)n(C)c(=O)n2C)n1Cc1ccc(F)cc1. The highest BCUT2D eigenvalue weighted by atomic mass is 32.2. The van der Waals surface area contributed by atoms with E-state index in [4.69, 9.17) is 4.74 Å². The molecular weight excluding hydrogens is 473 g/mol. The van der Waals surface area contributed by atoms with E-state index in [0.717, 1.165) is 27.5 Å². The number of nitrogens with one attached hydrogen (secondary N) is 1. The largest absolute Gasteiger partial charge is 0.495 e. The lowest BCUT2D eigenvalue weighted by molar-refractivity contribution is -0.113. The molecule has 0 unspecified atom stereocenters. The first-order valence-electron chi connectivity index (χ1n) is 10.7. The van der Waals surface area contributed by atoms with Crippen LogP contribution in [0.4, 0.5) is 10.1 Å². The second kappa shape index (κ2) is 9.79. The van der Waals surface area contributed by atoms with Crippen LogP contribution in [0, 0.1) is 12.7 Å². The van der Waals surface area contributed by atoms with Crippen LogP contribution >= 0.6 is 11.8 Å². The highest BCUT2D eigenvalue weighted by molar-refractivity contribution is 7.99.